The molecule has 0 aliphatic rings. The number of nitrogens with two attached hydrogens (primary N) is 1. The molecule has 0 bridgehead atoms. The molecule has 2 aromatic heterocycles. The third-order valence-electron chi connectivity index (χ3n) is 3.94. The molecule has 4 N–H and O–H groups in total. The fourth-order valence-electron chi connectivity index (χ4n) is 2.64. The van der Waals surface area contributed by atoms with Gasteiger partial charge in [-0.3, -0.25) is 4.57 Å². The second kappa shape index (κ2) is 6.17. The van der Waals surface area contributed by atoms with Gasteiger partial charge in [0.1, 0.15) is 18.3 Å². The van der Waals surface area contributed by atoms with E-state index in [9.17, 15) is 4.79 Å². The number of imidazole rings is 1. The summed E-state index contributed by atoms with van der Waals surface area (Å²) in [4.78, 5) is 23.7. The third kappa shape index (κ3) is 2.69. The highest BCUT2D eigenvalue weighted by Crippen LogP contribution is 2.27. The minimum absolute atomic E-state index is 0.205. The van der Waals surface area contributed by atoms with Crippen molar-refractivity contribution in [3.05, 3.63) is 66.7 Å². The van der Waals surface area contributed by atoms with Crippen LogP contribution in [0, 0.1) is 0 Å². The van der Waals surface area contributed by atoms with Crippen molar-refractivity contribution in [1.29, 1.82) is 0 Å². The third-order valence-corrected chi connectivity index (χ3v) is 3.94. The van der Waals surface area contributed by atoms with Gasteiger partial charge in [-0.15, -0.1) is 0 Å². The van der Waals surface area contributed by atoms with E-state index < -0.39 is 5.97 Å². The number of carbonyl (C=O) groups is 1. The summed E-state index contributed by atoms with van der Waals surface area (Å²) in [6.07, 6.45) is 3.07. The van der Waals surface area contributed by atoms with Crippen molar-refractivity contribution < 1.29 is 9.90 Å². The zero-order valence-corrected chi connectivity index (χ0v) is 13.5. The number of rotatable bonds is 4. The zero-order valence-electron chi connectivity index (χ0n) is 13.5. The van der Waals surface area contributed by atoms with Gasteiger partial charge in [-0.25, -0.2) is 19.7 Å². The maximum absolute atomic E-state index is 10.9. The van der Waals surface area contributed by atoms with E-state index in [0.717, 1.165) is 11.0 Å². The van der Waals surface area contributed by atoms with Gasteiger partial charge in [-0.1, -0.05) is 12.1 Å². The number of carboxylic acid groups (broad SMARTS) is 1. The van der Waals surface area contributed by atoms with Gasteiger partial charge in [0.05, 0.1) is 16.6 Å². The standard InChI is InChI=1S/C18H14N6O2/c19-15-16(23-12-7-5-11(6-8-12)18(25)26)20-9-21-17(15)24-10-22-13-3-1-2-4-14(13)24/h1-10H,19H2,(H,25,26)(H,20,21,23). The molecule has 0 amide bonds. The molecule has 4 aromatic rings. The van der Waals surface area contributed by atoms with Crippen molar-refractivity contribution >= 4 is 34.2 Å². The smallest absolute Gasteiger partial charge is 0.335 e. The maximum Gasteiger partial charge on any atom is 0.335 e. The van der Waals surface area contributed by atoms with Crippen molar-refractivity contribution in [1.82, 2.24) is 19.5 Å². The number of para-hydroxylation sites is 2. The topological polar surface area (TPSA) is 119 Å². The Bertz CT molecular complexity index is 1100. The molecule has 8 heteroatoms. The van der Waals surface area contributed by atoms with Gasteiger partial charge in [0.25, 0.3) is 0 Å². The molecule has 0 atom stereocenters. The quantitative estimate of drug-likeness (QED) is 0.520. The van der Waals surface area contributed by atoms with Crippen LogP contribution in [0.5, 0.6) is 0 Å². The molecule has 2 heterocycles. The van der Waals surface area contributed by atoms with E-state index in [1.54, 1.807) is 23.0 Å². The summed E-state index contributed by atoms with van der Waals surface area (Å²) >= 11 is 0. The fraction of sp³-hybridized carbons (Fsp3) is 0. The van der Waals surface area contributed by atoms with Crippen LogP contribution in [0.25, 0.3) is 16.9 Å². The fourth-order valence-corrected chi connectivity index (χ4v) is 2.64. The van der Waals surface area contributed by atoms with Gasteiger partial charge in [-0.05, 0) is 36.4 Å². The van der Waals surface area contributed by atoms with Crippen LogP contribution < -0.4 is 11.1 Å². The molecule has 0 saturated carbocycles. The van der Waals surface area contributed by atoms with Crippen LogP contribution in [0.15, 0.2) is 61.2 Å². The van der Waals surface area contributed by atoms with E-state index in [2.05, 4.69) is 20.3 Å². The van der Waals surface area contributed by atoms with Crippen LogP contribution in [0.4, 0.5) is 17.2 Å². The lowest BCUT2D eigenvalue weighted by Gasteiger charge is -2.12. The Morgan fingerprint density at radius 2 is 1.81 bits per heavy atom. The molecule has 0 aliphatic heterocycles. The molecule has 4 rings (SSSR count). The molecular weight excluding hydrogens is 332 g/mol. The number of anilines is 3. The van der Waals surface area contributed by atoms with E-state index >= 15 is 0 Å². The molecule has 0 unspecified atom stereocenters. The first-order chi connectivity index (χ1) is 12.6. The lowest BCUT2D eigenvalue weighted by molar-refractivity contribution is 0.0697. The van der Waals surface area contributed by atoms with Gasteiger partial charge in [-0.2, -0.15) is 0 Å². The van der Waals surface area contributed by atoms with E-state index in [4.69, 9.17) is 10.8 Å². The molecule has 2 aromatic carbocycles. The number of fused-ring (bicyclic) bond motifs is 1. The second-order valence-electron chi connectivity index (χ2n) is 5.57. The number of aromatic nitrogens is 4. The summed E-state index contributed by atoms with van der Waals surface area (Å²) in [7, 11) is 0. The number of hydrogen-bond acceptors (Lipinski definition) is 6. The van der Waals surface area contributed by atoms with E-state index in [-0.39, 0.29) is 5.56 Å². The van der Waals surface area contributed by atoms with Crippen LogP contribution in [0.1, 0.15) is 10.4 Å². The Hall–Kier alpha value is -3.94. The first-order valence-corrected chi connectivity index (χ1v) is 7.77. The molecule has 0 saturated heterocycles. The maximum atomic E-state index is 10.9. The highest BCUT2D eigenvalue weighted by molar-refractivity contribution is 5.88. The molecule has 0 radical (unpaired) electrons. The highest BCUT2D eigenvalue weighted by atomic mass is 16.4. The molecule has 0 spiro atoms. The Morgan fingerprint density at radius 1 is 1.04 bits per heavy atom. The first-order valence-electron chi connectivity index (χ1n) is 7.77. The number of aromatic carboxylic acids is 1. The number of carboxylic acids is 1. The summed E-state index contributed by atoms with van der Waals surface area (Å²) in [6, 6.07) is 14.0. The normalized spacial score (nSPS) is 10.8. The van der Waals surface area contributed by atoms with Crippen LogP contribution >= 0.6 is 0 Å². The first kappa shape index (κ1) is 15.6. The Kier molecular flexibility index (Phi) is 3.70. The van der Waals surface area contributed by atoms with E-state index in [1.807, 2.05) is 24.3 Å². The van der Waals surface area contributed by atoms with E-state index in [0.29, 0.717) is 23.0 Å². The van der Waals surface area contributed by atoms with Gasteiger partial charge in [0.15, 0.2) is 11.6 Å². The minimum Gasteiger partial charge on any atom is -0.478 e. The zero-order chi connectivity index (χ0) is 18.1. The van der Waals surface area contributed by atoms with Gasteiger partial charge in [0.2, 0.25) is 0 Å². The summed E-state index contributed by atoms with van der Waals surface area (Å²) in [5, 5.41) is 12.1. The summed E-state index contributed by atoms with van der Waals surface area (Å²) < 4.78 is 1.80. The van der Waals surface area contributed by atoms with Crippen molar-refractivity contribution in [2.75, 3.05) is 11.1 Å². The minimum atomic E-state index is -0.979. The summed E-state index contributed by atoms with van der Waals surface area (Å²) in [6.45, 7) is 0. The number of nitrogens with zero attached hydrogens (tertiary/aromatic N) is 4. The number of nitrogens with one attached hydrogen (secondary N) is 1. The van der Waals surface area contributed by atoms with Crippen LogP contribution in [0.2, 0.25) is 0 Å². The van der Waals surface area contributed by atoms with Gasteiger partial charge < -0.3 is 16.2 Å². The Morgan fingerprint density at radius 3 is 2.58 bits per heavy atom. The molecule has 26 heavy (non-hydrogen) atoms. The van der Waals surface area contributed by atoms with Crippen molar-refractivity contribution in [3.63, 3.8) is 0 Å². The lowest BCUT2D eigenvalue weighted by Crippen LogP contribution is -2.07. The van der Waals surface area contributed by atoms with Crippen molar-refractivity contribution in [2.45, 2.75) is 0 Å². The molecule has 0 aliphatic carbocycles. The molecular formula is C18H14N6O2. The van der Waals surface area contributed by atoms with Crippen molar-refractivity contribution in [2.24, 2.45) is 0 Å². The SMILES string of the molecule is Nc1c(Nc2ccc(C(=O)O)cc2)ncnc1-n1cnc2ccccc21. The van der Waals surface area contributed by atoms with Gasteiger partial charge in [0, 0.05) is 5.69 Å². The summed E-state index contributed by atoms with van der Waals surface area (Å²) in [5.74, 6) is -0.0402. The van der Waals surface area contributed by atoms with Crippen LogP contribution in [-0.2, 0) is 0 Å². The predicted octanol–water partition coefficient (Wildman–Crippen LogP) is 2.84. The predicted molar refractivity (Wildman–Crippen MR) is 97.8 cm³/mol. The van der Waals surface area contributed by atoms with Crippen LogP contribution in [-0.4, -0.2) is 30.6 Å². The lowest BCUT2D eigenvalue weighted by atomic mass is 10.2. The Balaban J connectivity index is 1.71. The molecule has 0 fully saturated rings. The summed E-state index contributed by atoms with van der Waals surface area (Å²) in [5.41, 5.74) is 9.22. The van der Waals surface area contributed by atoms with Crippen LogP contribution in [0.3, 0.4) is 0 Å². The van der Waals surface area contributed by atoms with Crippen molar-refractivity contribution in [3.8, 4) is 5.82 Å². The average molecular weight is 346 g/mol. The highest BCUT2D eigenvalue weighted by Gasteiger charge is 2.13. The monoisotopic (exact) mass is 346 g/mol. The average Bonchev–Trinajstić information content (AvgIpc) is 3.08. The van der Waals surface area contributed by atoms with E-state index in [1.165, 1.54) is 18.5 Å². The largest absolute Gasteiger partial charge is 0.478 e. The Labute approximate surface area is 148 Å². The number of hydrogen-bond donors (Lipinski definition) is 3. The molecule has 8 nitrogen and oxygen atoms in total. The number of nitrogen functional groups attached to an aromatic ring is 1. The number of benzene rings is 2. The molecule has 128 valence electrons. The second-order valence-corrected chi connectivity index (χ2v) is 5.57. The van der Waals surface area contributed by atoms with Gasteiger partial charge >= 0.3 is 5.97 Å².